The second-order valence-electron chi connectivity index (χ2n) is 4.52. The Balaban J connectivity index is 1.78. The van der Waals surface area contributed by atoms with Gasteiger partial charge in [0, 0.05) is 24.7 Å². The van der Waals surface area contributed by atoms with Crippen molar-refractivity contribution in [2.45, 2.75) is 12.8 Å². The quantitative estimate of drug-likeness (QED) is 0.624. The van der Waals surface area contributed by atoms with Crippen LogP contribution < -0.4 is 10.6 Å². The van der Waals surface area contributed by atoms with Crippen LogP contribution in [0.5, 0.6) is 0 Å². The Hall–Kier alpha value is -2.97. The van der Waals surface area contributed by atoms with Gasteiger partial charge in [0.05, 0.1) is 11.3 Å². The Morgan fingerprint density at radius 1 is 1.48 bits per heavy atom. The summed E-state index contributed by atoms with van der Waals surface area (Å²) in [6, 6.07) is 2.99. The normalized spacial score (nSPS) is 12.9. The number of nitro benzene ring substituents is 1. The van der Waals surface area contributed by atoms with Crippen LogP contribution in [0, 0.1) is 10.1 Å². The summed E-state index contributed by atoms with van der Waals surface area (Å²) in [7, 11) is 0. The lowest BCUT2D eigenvalue weighted by Crippen LogP contribution is -2.08. The first-order valence-electron chi connectivity index (χ1n) is 6.24. The molecular weight excluding hydrogens is 278 g/mol. The van der Waals surface area contributed by atoms with E-state index in [2.05, 4.69) is 20.8 Å². The predicted molar refractivity (Wildman–Crippen MR) is 71.9 cm³/mol. The number of nitrogens with one attached hydrogen (secondary N) is 2. The maximum absolute atomic E-state index is 11.3. The zero-order valence-electron chi connectivity index (χ0n) is 10.8. The zero-order chi connectivity index (χ0) is 14.8. The SMILES string of the molecule is O=C1Cc2cc([N+](=O)[O-])c(NCCc3ncno3)cc2N1. The fourth-order valence-corrected chi connectivity index (χ4v) is 2.16. The van der Waals surface area contributed by atoms with Crippen LogP contribution in [0.1, 0.15) is 11.5 Å². The monoisotopic (exact) mass is 289 g/mol. The van der Waals surface area contributed by atoms with Crippen LogP contribution in [0.3, 0.4) is 0 Å². The van der Waals surface area contributed by atoms with Gasteiger partial charge in [0.1, 0.15) is 5.69 Å². The second-order valence-corrected chi connectivity index (χ2v) is 4.52. The van der Waals surface area contributed by atoms with Crippen molar-refractivity contribution in [3.8, 4) is 0 Å². The molecule has 1 aromatic carbocycles. The standard InChI is InChI=1S/C12H11N5O4/c18-11-4-7-3-10(17(19)20)9(5-8(7)16-11)13-2-1-12-14-6-15-21-12/h3,5-6,13H,1-2,4H2,(H,16,18). The maximum atomic E-state index is 11.3. The van der Waals surface area contributed by atoms with Crippen LogP contribution >= 0.6 is 0 Å². The van der Waals surface area contributed by atoms with E-state index in [9.17, 15) is 14.9 Å². The van der Waals surface area contributed by atoms with E-state index in [0.717, 1.165) is 0 Å². The smallest absolute Gasteiger partial charge is 0.292 e. The Kier molecular flexibility index (Phi) is 3.22. The number of carbonyl (C=O) groups is 1. The first kappa shape index (κ1) is 13.0. The summed E-state index contributed by atoms with van der Waals surface area (Å²) in [5, 5.41) is 20.2. The van der Waals surface area contributed by atoms with Crippen LogP contribution in [0.25, 0.3) is 0 Å². The molecule has 0 aliphatic carbocycles. The molecule has 0 fully saturated rings. The van der Waals surface area contributed by atoms with Crippen LogP contribution in [-0.2, 0) is 17.6 Å². The molecule has 2 aromatic rings. The van der Waals surface area contributed by atoms with Gasteiger partial charge in [0.25, 0.3) is 5.69 Å². The largest absolute Gasteiger partial charge is 0.379 e. The van der Waals surface area contributed by atoms with Crippen molar-refractivity contribution in [2.75, 3.05) is 17.2 Å². The summed E-state index contributed by atoms with van der Waals surface area (Å²) in [5.74, 6) is 0.280. The first-order chi connectivity index (χ1) is 10.1. The summed E-state index contributed by atoms with van der Waals surface area (Å²) in [5.41, 5.74) is 1.52. The van der Waals surface area contributed by atoms with Gasteiger partial charge in [-0.3, -0.25) is 14.9 Å². The molecule has 1 aliphatic rings. The summed E-state index contributed by atoms with van der Waals surface area (Å²) in [6.45, 7) is 0.399. The number of hydrogen-bond donors (Lipinski definition) is 2. The number of nitro groups is 1. The highest BCUT2D eigenvalue weighted by atomic mass is 16.6. The Labute approximate surface area is 118 Å². The Morgan fingerprint density at radius 3 is 3.05 bits per heavy atom. The highest BCUT2D eigenvalue weighted by Gasteiger charge is 2.24. The maximum Gasteiger partial charge on any atom is 0.292 e. The van der Waals surface area contributed by atoms with Crippen molar-refractivity contribution in [1.82, 2.24) is 10.1 Å². The number of benzene rings is 1. The molecule has 2 heterocycles. The minimum atomic E-state index is -0.474. The number of nitrogens with zero attached hydrogens (tertiary/aromatic N) is 3. The van der Waals surface area contributed by atoms with Crippen molar-refractivity contribution in [3.63, 3.8) is 0 Å². The molecule has 1 aromatic heterocycles. The first-order valence-corrected chi connectivity index (χ1v) is 6.24. The molecular formula is C12H11N5O4. The molecule has 3 rings (SSSR count). The lowest BCUT2D eigenvalue weighted by molar-refractivity contribution is -0.384. The highest BCUT2D eigenvalue weighted by Crippen LogP contribution is 2.34. The van der Waals surface area contributed by atoms with Crippen molar-refractivity contribution in [2.24, 2.45) is 0 Å². The van der Waals surface area contributed by atoms with E-state index in [4.69, 9.17) is 4.52 Å². The van der Waals surface area contributed by atoms with Gasteiger partial charge in [0.15, 0.2) is 6.33 Å². The van der Waals surface area contributed by atoms with Gasteiger partial charge in [-0.25, -0.2) is 0 Å². The molecule has 0 saturated carbocycles. The molecule has 9 heteroatoms. The molecule has 0 bridgehead atoms. The highest BCUT2D eigenvalue weighted by molar-refractivity contribution is 6.00. The molecule has 0 unspecified atom stereocenters. The minimum absolute atomic E-state index is 0.0595. The minimum Gasteiger partial charge on any atom is -0.379 e. The molecule has 9 nitrogen and oxygen atoms in total. The third-order valence-corrected chi connectivity index (χ3v) is 3.10. The van der Waals surface area contributed by atoms with Gasteiger partial charge < -0.3 is 15.2 Å². The molecule has 21 heavy (non-hydrogen) atoms. The number of aromatic nitrogens is 2. The van der Waals surface area contributed by atoms with Gasteiger partial charge in [-0.15, -0.1) is 0 Å². The average Bonchev–Trinajstić information content (AvgIpc) is 3.05. The molecule has 2 N–H and O–H groups in total. The number of rotatable bonds is 5. The van der Waals surface area contributed by atoms with E-state index in [1.165, 1.54) is 12.4 Å². The van der Waals surface area contributed by atoms with Crippen molar-refractivity contribution in [3.05, 3.63) is 40.0 Å². The number of anilines is 2. The van der Waals surface area contributed by atoms with E-state index >= 15 is 0 Å². The van der Waals surface area contributed by atoms with Crippen LogP contribution in [0.15, 0.2) is 23.0 Å². The second kappa shape index (κ2) is 5.19. The average molecular weight is 289 g/mol. The van der Waals surface area contributed by atoms with Crippen molar-refractivity contribution < 1.29 is 14.2 Å². The molecule has 0 saturated heterocycles. The predicted octanol–water partition coefficient (Wildman–Crippen LogP) is 1.13. The number of carbonyl (C=O) groups excluding carboxylic acids is 1. The third-order valence-electron chi connectivity index (χ3n) is 3.10. The molecule has 1 amide bonds. The summed E-state index contributed by atoms with van der Waals surface area (Å²) >= 11 is 0. The lowest BCUT2D eigenvalue weighted by atomic mass is 10.1. The van der Waals surface area contributed by atoms with E-state index in [0.29, 0.717) is 35.8 Å². The third kappa shape index (κ3) is 2.66. The molecule has 0 atom stereocenters. The van der Waals surface area contributed by atoms with Gasteiger partial charge in [0.2, 0.25) is 11.8 Å². The number of amides is 1. The summed E-state index contributed by atoms with van der Waals surface area (Å²) in [4.78, 5) is 25.8. The molecule has 1 aliphatic heterocycles. The fraction of sp³-hybridized carbons (Fsp3) is 0.250. The van der Waals surface area contributed by atoms with E-state index in [1.54, 1.807) is 6.07 Å². The van der Waals surface area contributed by atoms with Crippen molar-refractivity contribution in [1.29, 1.82) is 0 Å². The van der Waals surface area contributed by atoms with Crippen LogP contribution in [-0.4, -0.2) is 27.5 Å². The van der Waals surface area contributed by atoms with Gasteiger partial charge in [-0.05, 0) is 11.6 Å². The number of hydrogen-bond acceptors (Lipinski definition) is 7. The van der Waals surface area contributed by atoms with Crippen molar-refractivity contribution >= 4 is 23.0 Å². The molecule has 0 radical (unpaired) electrons. The van der Waals surface area contributed by atoms with Crippen LogP contribution in [0.4, 0.5) is 17.1 Å². The Bertz CT molecular complexity index is 698. The summed E-state index contributed by atoms with van der Waals surface area (Å²) in [6.07, 6.45) is 1.90. The van der Waals surface area contributed by atoms with E-state index in [-0.39, 0.29) is 18.0 Å². The zero-order valence-corrected chi connectivity index (χ0v) is 10.8. The topological polar surface area (TPSA) is 123 Å². The van der Waals surface area contributed by atoms with Gasteiger partial charge >= 0.3 is 0 Å². The lowest BCUT2D eigenvalue weighted by Gasteiger charge is -2.08. The van der Waals surface area contributed by atoms with E-state index in [1.807, 2.05) is 0 Å². The van der Waals surface area contributed by atoms with Gasteiger partial charge in [-0.2, -0.15) is 4.98 Å². The molecule has 0 spiro atoms. The molecule has 108 valence electrons. The summed E-state index contributed by atoms with van der Waals surface area (Å²) < 4.78 is 4.85. The van der Waals surface area contributed by atoms with Gasteiger partial charge in [-0.1, -0.05) is 5.16 Å². The fourth-order valence-electron chi connectivity index (χ4n) is 2.16. The van der Waals surface area contributed by atoms with Crippen LogP contribution in [0.2, 0.25) is 0 Å². The Morgan fingerprint density at radius 2 is 2.33 bits per heavy atom. The number of fused-ring (bicyclic) bond motifs is 1. The van der Waals surface area contributed by atoms with E-state index < -0.39 is 4.92 Å².